The van der Waals surface area contributed by atoms with E-state index < -0.39 is 12.3 Å². The van der Waals surface area contributed by atoms with E-state index in [-0.39, 0.29) is 11.4 Å². The van der Waals surface area contributed by atoms with Gasteiger partial charge in [-0.2, -0.15) is 0 Å². The van der Waals surface area contributed by atoms with Gasteiger partial charge in [-0.3, -0.25) is 0 Å². The van der Waals surface area contributed by atoms with E-state index in [4.69, 9.17) is 5.73 Å². The molecule has 0 aliphatic rings. The van der Waals surface area contributed by atoms with Crippen molar-refractivity contribution in [2.24, 2.45) is 11.5 Å². The Morgan fingerprint density at radius 3 is 2.10 bits per heavy atom. The second-order valence-electron chi connectivity index (χ2n) is 3.21. The summed E-state index contributed by atoms with van der Waals surface area (Å²) in [6, 6.07) is 4.89. The third kappa shape index (κ3) is 6.64. The van der Waals surface area contributed by atoms with Crippen molar-refractivity contribution in [3.05, 3.63) is 35.5 Å². The Kier molecular flexibility index (Phi) is 7.16. The number of nitrogens with two attached hydrogens (primary N) is 2. The quantitative estimate of drug-likeness (QED) is 0.653. The maximum absolute atomic E-state index is 11.9. The summed E-state index contributed by atoms with van der Waals surface area (Å²) in [7, 11) is 2.67. The summed E-state index contributed by atoms with van der Waals surface area (Å²) >= 11 is 0. The molecule has 0 saturated carbocycles. The summed E-state index contributed by atoms with van der Waals surface area (Å²) in [5.74, 6) is -1.07. The first-order chi connectivity index (χ1) is 9.31. The van der Waals surface area contributed by atoms with Gasteiger partial charge in [0, 0.05) is 0 Å². The highest BCUT2D eigenvalue weighted by Gasteiger charge is 2.30. The molecule has 1 rings (SSSR count). The maximum atomic E-state index is 11.9. The molecule has 20 heavy (non-hydrogen) atoms. The van der Waals surface area contributed by atoms with Crippen molar-refractivity contribution >= 4 is 12.0 Å². The molecule has 0 bridgehead atoms. The van der Waals surface area contributed by atoms with Crippen LogP contribution in [0.3, 0.4) is 0 Å². The monoisotopic (exact) mass is 292 g/mol. The van der Waals surface area contributed by atoms with Gasteiger partial charge in [0.1, 0.15) is 11.4 Å². The lowest BCUT2D eigenvalue weighted by Gasteiger charge is -2.08. The van der Waals surface area contributed by atoms with E-state index in [0.29, 0.717) is 5.56 Å². The first-order valence-electron chi connectivity index (χ1n) is 5.31. The highest BCUT2D eigenvalue weighted by atomic mass is 19.4. The molecule has 0 fully saturated rings. The van der Waals surface area contributed by atoms with Gasteiger partial charge in [0.05, 0.1) is 7.11 Å². The zero-order valence-corrected chi connectivity index (χ0v) is 10.9. The Morgan fingerprint density at radius 1 is 1.20 bits per heavy atom. The van der Waals surface area contributed by atoms with Crippen molar-refractivity contribution in [1.29, 1.82) is 0 Å². The van der Waals surface area contributed by atoms with E-state index in [9.17, 15) is 18.0 Å². The first kappa shape index (κ1) is 17.8. The molecule has 112 valence electrons. The van der Waals surface area contributed by atoms with Gasteiger partial charge < -0.3 is 20.9 Å². The van der Waals surface area contributed by atoms with Crippen LogP contribution in [0.15, 0.2) is 30.0 Å². The van der Waals surface area contributed by atoms with E-state index in [1.54, 1.807) is 0 Å². The molecule has 0 aliphatic carbocycles. The van der Waals surface area contributed by atoms with Gasteiger partial charge in [-0.05, 0) is 30.8 Å². The Morgan fingerprint density at radius 2 is 1.70 bits per heavy atom. The van der Waals surface area contributed by atoms with Crippen LogP contribution in [-0.4, -0.2) is 26.5 Å². The van der Waals surface area contributed by atoms with Gasteiger partial charge in [-0.15, -0.1) is 13.2 Å². The van der Waals surface area contributed by atoms with E-state index in [1.165, 1.54) is 32.4 Å². The summed E-state index contributed by atoms with van der Waals surface area (Å²) in [4.78, 5) is 11.0. The lowest BCUT2D eigenvalue weighted by atomic mass is 10.2. The van der Waals surface area contributed by atoms with Crippen LogP contribution in [-0.2, 0) is 9.53 Å². The molecule has 0 atom stereocenters. The standard InChI is InChI=1S/C11H10F3NO3.CH5N/c1-17-10(16)9(15)6-7-2-4-8(5-3-7)18-11(12,13)14;1-2/h2-6H,15H2,1H3;2H2,1H3/b9-6-;. The number of esters is 1. The minimum absolute atomic E-state index is 0.151. The molecule has 0 radical (unpaired) electrons. The van der Waals surface area contributed by atoms with Crippen LogP contribution >= 0.6 is 0 Å². The fraction of sp³-hybridized carbons (Fsp3) is 0.250. The number of hydrogen-bond acceptors (Lipinski definition) is 5. The summed E-state index contributed by atoms with van der Waals surface area (Å²) in [6.07, 6.45) is -3.45. The van der Waals surface area contributed by atoms with Gasteiger partial charge >= 0.3 is 12.3 Å². The Bertz CT molecular complexity index is 456. The lowest BCUT2D eigenvalue weighted by Crippen LogP contribution is -2.17. The highest BCUT2D eigenvalue weighted by Crippen LogP contribution is 2.23. The summed E-state index contributed by atoms with van der Waals surface area (Å²) in [5, 5.41) is 0. The highest BCUT2D eigenvalue weighted by molar-refractivity contribution is 5.92. The molecule has 8 heteroatoms. The number of benzene rings is 1. The Hall–Kier alpha value is -2.22. The third-order valence-electron chi connectivity index (χ3n) is 1.86. The number of rotatable bonds is 3. The fourth-order valence-electron chi connectivity index (χ4n) is 1.12. The second-order valence-corrected chi connectivity index (χ2v) is 3.21. The molecule has 1 aromatic rings. The van der Waals surface area contributed by atoms with Crippen LogP contribution < -0.4 is 16.2 Å². The van der Waals surface area contributed by atoms with E-state index in [1.807, 2.05) is 0 Å². The zero-order chi connectivity index (χ0) is 15.8. The van der Waals surface area contributed by atoms with Gasteiger partial charge in [-0.1, -0.05) is 12.1 Å². The number of ether oxygens (including phenoxy) is 2. The molecule has 4 N–H and O–H groups in total. The average Bonchev–Trinajstić information content (AvgIpc) is 2.40. The van der Waals surface area contributed by atoms with Gasteiger partial charge in [-0.25, -0.2) is 4.79 Å². The van der Waals surface area contributed by atoms with Crippen molar-refractivity contribution < 1.29 is 27.4 Å². The van der Waals surface area contributed by atoms with Crippen LogP contribution in [0.25, 0.3) is 6.08 Å². The van der Waals surface area contributed by atoms with E-state index >= 15 is 0 Å². The Labute approximate surface area is 114 Å². The number of methoxy groups -OCH3 is 1. The molecule has 0 aliphatic heterocycles. The largest absolute Gasteiger partial charge is 0.573 e. The van der Waals surface area contributed by atoms with Crippen molar-refractivity contribution in [2.75, 3.05) is 14.2 Å². The topological polar surface area (TPSA) is 87.6 Å². The normalized spacial score (nSPS) is 11.2. The number of halogens is 3. The first-order valence-corrected chi connectivity index (χ1v) is 5.31. The van der Waals surface area contributed by atoms with Crippen molar-refractivity contribution in [2.45, 2.75) is 6.36 Å². The maximum Gasteiger partial charge on any atom is 0.573 e. The summed E-state index contributed by atoms with van der Waals surface area (Å²) in [6.45, 7) is 0. The average molecular weight is 292 g/mol. The van der Waals surface area contributed by atoms with Crippen molar-refractivity contribution in [3.63, 3.8) is 0 Å². The van der Waals surface area contributed by atoms with Crippen LogP contribution in [0.4, 0.5) is 13.2 Å². The van der Waals surface area contributed by atoms with Crippen LogP contribution in [0.5, 0.6) is 5.75 Å². The molecule has 0 spiro atoms. The van der Waals surface area contributed by atoms with Crippen molar-refractivity contribution in [3.8, 4) is 5.75 Å². The molecule has 0 saturated heterocycles. The number of alkyl halides is 3. The summed E-state index contributed by atoms with van der Waals surface area (Å²) in [5.41, 5.74) is 10.2. The summed E-state index contributed by atoms with van der Waals surface area (Å²) < 4.78 is 43.7. The second kappa shape index (κ2) is 8.05. The molecule has 0 heterocycles. The molecule has 1 aromatic carbocycles. The fourth-order valence-corrected chi connectivity index (χ4v) is 1.12. The molecular weight excluding hydrogens is 277 g/mol. The molecule has 0 aromatic heterocycles. The van der Waals surface area contributed by atoms with Crippen LogP contribution in [0.2, 0.25) is 0 Å². The Balaban J connectivity index is 0.00000172. The number of carbonyl (C=O) groups is 1. The van der Waals surface area contributed by atoms with Crippen molar-refractivity contribution in [1.82, 2.24) is 0 Å². The van der Waals surface area contributed by atoms with Crippen LogP contribution in [0.1, 0.15) is 5.56 Å². The minimum atomic E-state index is -4.73. The van der Waals surface area contributed by atoms with Crippen LogP contribution in [0, 0.1) is 0 Å². The number of hydrogen-bond donors (Lipinski definition) is 2. The molecule has 0 amide bonds. The third-order valence-corrected chi connectivity index (χ3v) is 1.86. The zero-order valence-electron chi connectivity index (χ0n) is 10.9. The minimum Gasteiger partial charge on any atom is -0.464 e. The molecule has 0 unspecified atom stereocenters. The van der Waals surface area contributed by atoms with E-state index in [0.717, 1.165) is 12.1 Å². The van der Waals surface area contributed by atoms with Gasteiger partial charge in [0.15, 0.2) is 0 Å². The molecular formula is C12H15F3N2O3. The predicted octanol–water partition coefficient (Wildman–Crippen LogP) is 1.63. The van der Waals surface area contributed by atoms with Gasteiger partial charge in [0.25, 0.3) is 0 Å². The molecule has 5 nitrogen and oxygen atoms in total. The lowest BCUT2D eigenvalue weighted by molar-refractivity contribution is -0.274. The predicted molar refractivity (Wildman–Crippen MR) is 67.4 cm³/mol. The van der Waals surface area contributed by atoms with Gasteiger partial charge in [0.2, 0.25) is 0 Å². The van der Waals surface area contributed by atoms with E-state index in [2.05, 4.69) is 15.2 Å². The number of carbonyl (C=O) groups excluding carboxylic acids is 1. The smallest absolute Gasteiger partial charge is 0.464 e. The SMILES string of the molecule is CN.COC(=O)/C(N)=C/c1ccc(OC(F)(F)F)cc1.